The van der Waals surface area contributed by atoms with Crippen LogP contribution in [0, 0.1) is 0 Å². The molecular weight excluding hydrogens is 210 g/mol. The van der Waals surface area contributed by atoms with Gasteiger partial charge in [0.15, 0.2) is 5.82 Å². The molecule has 0 fully saturated rings. The summed E-state index contributed by atoms with van der Waals surface area (Å²) >= 11 is 1.84. The van der Waals surface area contributed by atoms with Gasteiger partial charge in [-0.25, -0.2) is 0 Å². The predicted molar refractivity (Wildman–Crippen MR) is 62.6 cm³/mol. The van der Waals surface area contributed by atoms with Gasteiger partial charge >= 0.3 is 0 Å². The highest BCUT2D eigenvalue weighted by atomic mass is 32.2. The van der Waals surface area contributed by atoms with Crippen molar-refractivity contribution >= 4 is 11.8 Å². The fourth-order valence-corrected chi connectivity index (χ4v) is 1.77. The van der Waals surface area contributed by atoms with Gasteiger partial charge in [0.25, 0.3) is 0 Å². The molecule has 4 nitrogen and oxygen atoms in total. The van der Waals surface area contributed by atoms with Gasteiger partial charge in [-0.05, 0) is 12.8 Å². The van der Waals surface area contributed by atoms with Gasteiger partial charge in [-0.15, -0.1) is 0 Å². The van der Waals surface area contributed by atoms with Gasteiger partial charge in [0, 0.05) is 5.25 Å². The number of nitrogens with zero attached hydrogens (tertiary/aromatic N) is 2. The van der Waals surface area contributed by atoms with E-state index in [1.165, 1.54) is 0 Å². The van der Waals surface area contributed by atoms with Crippen LogP contribution in [0.3, 0.4) is 0 Å². The van der Waals surface area contributed by atoms with Crippen molar-refractivity contribution in [2.75, 3.05) is 0 Å². The fourth-order valence-electron chi connectivity index (χ4n) is 0.986. The van der Waals surface area contributed by atoms with Gasteiger partial charge < -0.3 is 10.3 Å². The minimum Gasteiger partial charge on any atom is -0.338 e. The first-order chi connectivity index (χ1) is 7.17. The van der Waals surface area contributed by atoms with Crippen molar-refractivity contribution in [2.24, 2.45) is 5.73 Å². The van der Waals surface area contributed by atoms with Gasteiger partial charge in [-0.2, -0.15) is 16.7 Å². The van der Waals surface area contributed by atoms with E-state index in [0.717, 1.165) is 24.4 Å². The quantitative estimate of drug-likeness (QED) is 0.812. The molecule has 15 heavy (non-hydrogen) atoms. The molecule has 86 valence electrons. The number of hydrogen-bond acceptors (Lipinski definition) is 5. The number of hydrogen-bond donors (Lipinski definition) is 1. The number of thioether (sulfide) groups is 1. The average molecular weight is 229 g/mol. The second-order valence-electron chi connectivity index (χ2n) is 3.59. The molecule has 2 atom stereocenters. The lowest BCUT2D eigenvalue weighted by Crippen LogP contribution is -2.08. The molecule has 1 unspecified atom stereocenters. The van der Waals surface area contributed by atoms with E-state index in [0.29, 0.717) is 11.1 Å². The van der Waals surface area contributed by atoms with Crippen LogP contribution in [0.2, 0.25) is 0 Å². The molecule has 0 saturated carbocycles. The van der Waals surface area contributed by atoms with Crippen molar-refractivity contribution in [3.8, 4) is 0 Å². The maximum absolute atomic E-state index is 5.79. The van der Waals surface area contributed by atoms with E-state index in [4.69, 9.17) is 10.3 Å². The van der Waals surface area contributed by atoms with E-state index in [1.807, 2.05) is 18.7 Å². The van der Waals surface area contributed by atoms with E-state index in [9.17, 15) is 0 Å². The van der Waals surface area contributed by atoms with Crippen LogP contribution in [0.4, 0.5) is 0 Å². The summed E-state index contributed by atoms with van der Waals surface area (Å²) in [6, 6.07) is -0.125. The standard InChI is InChI=1S/C10H19N3OS/c1-4-7(3)15-6-9-12-10(14-13-9)8(11)5-2/h7-8H,4-6,11H2,1-3H3/t7?,8-/m0/s1. The summed E-state index contributed by atoms with van der Waals surface area (Å²) in [5.41, 5.74) is 5.79. The van der Waals surface area contributed by atoms with Gasteiger partial charge in [-0.3, -0.25) is 0 Å². The Morgan fingerprint density at radius 2 is 2.13 bits per heavy atom. The normalized spacial score (nSPS) is 15.2. The van der Waals surface area contributed by atoms with Crippen molar-refractivity contribution in [1.82, 2.24) is 10.1 Å². The van der Waals surface area contributed by atoms with Crippen LogP contribution < -0.4 is 5.73 Å². The van der Waals surface area contributed by atoms with Gasteiger partial charge in [-0.1, -0.05) is 25.9 Å². The lowest BCUT2D eigenvalue weighted by Gasteiger charge is -2.04. The molecule has 0 spiro atoms. The molecule has 0 aromatic carbocycles. The van der Waals surface area contributed by atoms with Crippen molar-refractivity contribution in [3.05, 3.63) is 11.7 Å². The molecule has 1 rings (SSSR count). The van der Waals surface area contributed by atoms with Crippen LogP contribution in [-0.2, 0) is 5.75 Å². The van der Waals surface area contributed by atoms with Crippen LogP contribution in [0.15, 0.2) is 4.52 Å². The molecule has 0 aliphatic carbocycles. The smallest absolute Gasteiger partial charge is 0.243 e. The molecule has 1 aromatic heterocycles. The van der Waals surface area contributed by atoms with Gasteiger partial charge in [0.05, 0.1) is 11.8 Å². The zero-order valence-electron chi connectivity index (χ0n) is 9.56. The van der Waals surface area contributed by atoms with Crippen LogP contribution in [0.5, 0.6) is 0 Å². The zero-order valence-corrected chi connectivity index (χ0v) is 10.4. The summed E-state index contributed by atoms with van der Waals surface area (Å²) in [5.74, 6) is 2.10. The van der Waals surface area contributed by atoms with E-state index in [2.05, 4.69) is 24.0 Å². The predicted octanol–water partition coefficient (Wildman–Crippen LogP) is 2.51. The van der Waals surface area contributed by atoms with E-state index >= 15 is 0 Å². The van der Waals surface area contributed by atoms with Crippen molar-refractivity contribution in [2.45, 2.75) is 50.7 Å². The maximum atomic E-state index is 5.79. The molecule has 5 heteroatoms. The number of nitrogens with two attached hydrogens (primary N) is 1. The SMILES string of the molecule is CCC(C)SCc1noc([C@@H](N)CC)n1. The monoisotopic (exact) mass is 229 g/mol. The second-order valence-corrected chi connectivity index (χ2v) is 5.02. The molecule has 0 radical (unpaired) electrons. The Hall–Kier alpha value is -0.550. The van der Waals surface area contributed by atoms with E-state index < -0.39 is 0 Å². The van der Waals surface area contributed by atoms with Gasteiger partial charge in [0.1, 0.15) is 0 Å². The van der Waals surface area contributed by atoms with Crippen molar-refractivity contribution < 1.29 is 4.52 Å². The molecular formula is C10H19N3OS. The molecule has 0 amide bonds. The third-order valence-electron chi connectivity index (χ3n) is 2.31. The summed E-state index contributed by atoms with van der Waals surface area (Å²) in [7, 11) is 0. The van der Waals surface area contributed by atoms with E-state index in [1.54, 1.807) is 0 Å². The fraction of sp³-hybridized carbons (Fsp3) is 0.800. The third kappa shape index (κ3) is 3.83. The largest absolute Gasteiger partial charge is 0.338 e. The zero-order chi connectivity index (χ0) is 11.3. The van der Waals surface area contributed by atoms with Crippen LogP contribution in [-0.4, -0.2) is 15.4 Å². The molecule has 0 saturated heterocycles. The Labute approximate surface area is 95.0 Å². The Morgan fingerprint density at radius 3 is 2.73 bits per heavy atom. The van der Waals surface area contributed by atoms with Gasteiger partial charge in [0.2, 0.25) is 5.89 Å². The van der Waals surface area contributed by atoms with Crippen molar-refractivity contribution in [1.29, 1.82) is 0 Å². The van der Waals surface area contributed by atoms with E-state index in [-0.39, 0.29) is 6.04 Å². The Balaban J connectivity index is 2.46. The second kappa shape index (κ2) is 6.12. The molecule has 0 aliphatic heterocycles. The average Bonchev–Trinajstić information content (AvgIpc) is 2.73. The summed E-state index contributed by atoms with van der Waals surface area (Å²) in [6.07, 6.45) is 1.98. The highest BCUT2D eigenvalue weighted by molar-refractivity contribution is 7.99. The Morgan fingerprint density at radius 1 is 1.40 bits per heavy atom. The Kier molecular flexibility index (Phi) is 5.11. The molecule has 0 bridgehead atoms. The summed E-state index contributed by atoms with van der Waals surface area (Å²) in [6.45, 7) is 6.37. The highest BCUT2D eigenvalue weighted by Crippen LogP contribution is 2.19. The molecule has 1 heterocycles. The third-order valence-corrected chi connectivity index (χ3v) is 3.64. The topological polar surface area (TPSA) is 64.9 Å². The van der Waals surface area contributed by atoms with Crippen LogP contribution in [0.25, 0.3) is 0 Å². The van der Waals surface area contributed by atoms with Crippen molar-refractivity contribution in [3.63, 3.8) is 0 Å². The lowest BCUT2D eigenvalue weighted by molar-refractivity contribution is 0.349. The first-order valence-electron chi connectivity index (χ1n) is 5.37. The maximum Gasteiger partial charge on any atom is 0.243 e. The number of rotatable bonds is 6. The summed E-state index contributed by atoms with van der Waals surface area (Å²) in [4.78, 5) is 4.26. The van der Waals surface area contributed by atoms with Crippen LogP contribution in [0.1, 0.15) is 51.4 Å². The molecule has 0 aliphatic rings. The number of aromatic nitrogens is 2. The summed E-state index contributed by atoms with van der Waals surface area (Å²) < 4.78 is 5.08. The lowest BCUT2D eigenvalue weighted by atomic mass is 10.2. The first kappa shape index (κ1) is 12.5. The van der Waals surface area contributed by atoms with Crippen LogP contribution >= 0.6 is 11.8 Å². The first-order valence-corrected chi connectivity index (χ1v) is 6.41. The molecule has 2 N–H and O–H groups in total. The minimum absolute atomic E-state index is 0.125. The Bertz CT molecular complexity index is 290. The summed E-state index contributed by atoms with van der Waals surface area (Å²) in [5, 5.41) is 4.54. The molecule has 1 aromatic rings. The minimum atomic E-state index is -0.125. The highest BCUT2D eigenvalue weighted by Gasteiger charge is 2.13.